The van der Waals surface area contributed by atoms with E-state index >= 15 is 0 Å². The van der Waals surface area contributed by atoms with Crippen LogP contribution in [-0.2, 0) is 0 Å². The first-order valence-corrected chi connectivity index (χ1v) is 10.6. The first kappa shape index (κ1) is 20.0. The largest absolute Gasteiger partial charge is 0.321 e. The molecule has 0 bridgehead atoms. The SMILES string of the molecule is Cc1c(C(=O)Nc2cccc(NC(=O)c3cccs3)c2)nnn1-c1cccc(Br)c1. The number of nitrogens with zero attached hydrogens (tertiary/aromatic N) is 3. The van der Waals surface area contributed by atoms with Crippen molar-refractivity contribution in [2.45, 2.75) is 6.92 Å². The average molecular weight is 482 g/mol. The molecule has 7 nitrogen and oxygen atoms in total. The predicted molar refractivity (Wildman–Crippen MR) is 120 cm³/mol. The zero-order valence-corrected chi connectivity index (χ0v) is 18.2. The molecule has 4 rings (SSSR count). The summed E-state index contributed by atoms with van der Waals surface area (Å²) in [5.74, 6) is -0.572. The molecule has 0 atom stereocenters. The van der Waals surface area contributed by atoms with Crippen molar-refractivity contribution in [1.29, 1.82) is 0 Å². The van der Waals surface area contributed by atoms with Crippen molar-refractivity contribution >= 4 is 50.5 Å². The smallest absolute Gasteiger partial charge is 0.278 e. The minimum Gasteiger partial charge on any atom is -0.321 e. The van der Waals surface area contributed by atoms with Gasteiger partial charge in [-0.15, -0.1) is 16.4 Å². The van der Waals surface area contributed by atoms with Gasteiger partial charge in [0.2, 0.25) is 0 Å². The number of benzene rings is 2. The Balaban J connectivity index is 1.50. The molecule has 0 saturated heterocycles. The Morgan fingerprint density at radius 3 is 2.40 bits per heavy atom. The third kappa shape index (κ3) is 4.32. The number of carbonyl (C=O) groups is 2. The van der Waals surface area contributed by atoms with E-state index in [4.69, 9.17) is 0 Å². The Kier molecular flexibility index (Phi) is 5.73. The monoisotopic (exact) mass is 481 g/mol. The van der Waals surface area contributed by atoms with Gasteiger partial charge in [-0.05, 0) is 54.8 Å². The topological polar surface area (TPSA) is 88.9 Å². The molecule has 2 aromatic heterocycles. The molecule has 2 N–H and O–H groups in total. The zero-order valence-electron chi connectivity index (χ0n) is 15.8. The quantitative estimate of drug-likeness (QED) is 0.423. The number of halogens is 1. The maximum Gasteiger partial charge on any atom is 0.278 e. The van der Waals surface area contributed by atoms with Gasteiger partial charge in [0, 0.05) is 15.8 Å². The summed E-state index contributed by atoms with van der Waals surface area (Å²) in [5.41, 5.74) is 2.77. The lowest BCUT2D eigenvalue weighted by molar-refractivity contribution is 0.101. The summed E-state index contributed by atoms with van der Waals surface area (Å²) in [4.78, 5) is 25.6. The van der Waals surface area contributed by atoms with Gasteiger partial charge in [-0.1, -0.05) is 39.3 Å². The van der Waals surface area contributed by atoms with Crippen LogP contribution in [-0.4, -0.2) is 26.8 Å². The fraction of sp³-hybridized carbons (Fsp3) is 0.0476. The third-order valence-corrected chi connectivity index (χ3v) is 5.65. The lowest BCUT2D eigenvalue weighted by Crippen LogP contribution is -2.15. The van der Waals surface area contributed by atoms with Crippen molar-refractivity contribution in [3.63, 3.8) is 0 Å². The van der Waals surface area contributed by atoms with E-state index in [-0.39, 0.29) is 17.5 Å². The van der Waals surface area contributed by atoms with Gasteiger partial charge in [-0.25, -0.2) is 4.68 Å². The van der Waals surface area contributed by atoms with E-state index < -0.39 is 0 Å². The van der Waals surface area contributed by atoms with E-state index in [2.05, 4.69) is 36.9 Å². The highest BCUT2D eigenvalue weighted by molar-refractivity contribution is 9.10. The van der Waals surface area contributed by atoms with Gasteiger partial charge in [0.15, 0.2) is 5.69 Å². The van der Waals surface area contributed by atoms with Crippen LogP contribution in [0.15, 0.2) is 70.5 Å². The summed E-state index contributed by atoms with van der Waals surface area (Å²) < 4.78 is 2.51. The molecule has 4 aromatic rings. The highest BCUT2D eigenvalue weighted by atomic mass is 79.9. The number of rotatable bonds is 5. The van der Waals surface area contributed by atoms with Crippen molar-refractivity contribution in [1.82, 2.24) is 15.0 Å². The Morgan fingerprint density at radius 2 is 1.70 bits per heavy atom. The van der Waals surface area contributed by atoms with E-state index in [0.29, 0.717) is 21.9 Å². The van der Waals surface area contributed by atoms with E-state index in [9.17, 15) is 9.59 Å². The maximum atomic E-state index is 12.7. The molecule has 0 saturated carbocycles. The van der Waals surface area contributed by atoms with E-state index in [1.165, 1.54) is 11.3 Å². The molecule has 0 unspecified atom stereocenters. The van der Waals surface area contributed by atoms with Crippen molar-refractivity contribution < 1.29 is 9.59 Å². The summed E-state index contributed by atoms with van der Waals surface area (Å²) >= 11 is 4.79. The van der Waals surface area contributed by atoms with Crippen LogP contribution >= 0.6 is 27.3 Å². The maximum absolute atomic E-state index is 12.7. The number of carbonyl (C=O) groups excluding carboxylic acids is 2. The number of anilines is 2. The molecule has 2 aromatic carbocycles. The molecule has 150 valence electrons. The Morgan fingerprint density at radius 1 is 0.967 bits per heavy atom. The number of nitrogens with one attached hydrogen (secondary N) is 2. The van der Waals surface area contributed by atoms with Gasteiger partial charge in [0.25, 0.3) is 11.8 Å². The summed E-state index contributed by atoms with van der Waals surface area (Å²) in [6.07, 6.45) is 0. The van der Waals surface area contributed by atoms with Crippen molar-refractivity contribution in [3.05, 3.63) is 86.8 Å². The second-order valence-electron chi connectivity index (χ2n) is 6.38. The summed E-state index contributed by atoms with van der Waals surface area (Å²) in [6.45, 7) is 1.79. The molecule has 0 fully saturated rings. The fourth-order valence-electron chi connectivity index (χ4n) is 2.86. The lowest BCUT2D eigenvalue weighted by Gasteiger charge is -2.08. The summed E-state index contributed by atoms with van der Waals surface area (Å²) in [6, 6.07) is 18.1. The zero-order chi connectivity index (χ0) is 21.1. The average Bonchev–Trinajstić information content (AvgIpc) is 3.38. The molecular formula is C21H16BrN5O2S. The highest BCUT2D eigenvalue weighted by Gasteiger charge is 2.18. The van der Waals surface area contributed by atoms with Gasteiger partial charge < -0.3 is 10.6 Å². The number of hydrogen-bond donors (Lipinski definition) is 2. The molecule has 0 spiro atoms. The van der Waals surface area contributed by atoms with E-state index in [0.717, 1.165) is 10.2 Å². The summed E-state index contributed by atoms with van der Waals surface area (Å²) in [5, 5.41) is 15.6. The molecule has 30 heavy (non-hydrogen) atoms. The minimum absolute atomic E-state index is 0.193. The molecule has 0 radical (unpaired) electrons. The van der Waals surface area contributed by atoms with Crippen molar-refractivity contribution in [3.8, 4) is 5.69 Å². The van der Waals surface area contributed by atoms with E-state index in [1.807, 2.05) is 35.7 Å². The first-order chi connectivity index (χ1) is 14.5. The van der Waals surface area contributed by atoms with Gasteiger partial charge in [-0.2, -0.15) is 0 Å². The van der Waals surface area contributed by atoms with Crippen LogP contribution in [0.3, 0.4) is 0 Å². The Hall–Kier alpha value is -3.30. The van der Waals surface area contributed by atoms with Crippen molar-refractivity contribution in [2.24, 2.45) is 0 Å². The minimum atomic E-state index is -0.379. The molecule has 0 aliphatic rings. The number of hydrogen-bond acceptors (Lipinski definition) is 5. The van der Waals surface area contributed by atoms with Gasteiger partial charge in [0.1, 0.15) is 0 Å². The standard InChI is InChI=1S/C21H16BrN5O2S/c1-13-19(25-26-27(13)17-8-2-5-14(22)11-17)21(29)24-16-7-3-6-15(12-16)23-20(28)18-9-4-10-30-18/h2-12H,1H3,(H,23,28)(H,24,29). The highest BCUT2D eigenvalue weighted by Crippen LogP contribution is 2.20. The van der Waals surface area contributed by atoms with Gasteiger partial charge in [0.05, 0.1) is 16.3 Å². The van der Waals surface area contributed by atoms with Gasteiger partial charge in [-0.3, -0.25) is 9.59 Å². The molecule has 0 aliphatic heterocycles. The fourth-order valence-corrected chi connectivity index (χ4v) is 3.86. The van der Waals surface area contributed by atoms with Crippen LogP contribution in [0.5, 0.6) is 0 Å². The van der Waals surface area contributed by atoms with E-state index in [1.54, 1.807) is 41.9 Å². The van der Waals surface area contributed by atoms with Crippen LogP contribution in [0.4, 0.5) is 11.4 Å². The molecule has 0 aliphatic carbocycles. The number of aromatic nitrogens is 3. The molecule has 9 heteroatoms. The second kappa shape index (κ2) is 8.60. The van der Waals surface area contributed by atoms with Crippen LogP contribution in [0.2, 0.25) is 0 Å². The van der Waals surface area contributed by atoms with Crippen LogP contribution in [0.1, 0.15) is 25.9 Å². The Bertz CT molecular complexity index is 1220. The van der Waals surface area contributed by atoms with Crippen LogP contribution in [0, 0.1) is 6.92 Å². The molecule has 2 amide bonds. The van der Waals surface area contributed by atoms with Gasteiger partial charge >= 0.3 is 0 Å². The number of thiophene rings is 1. The van der Waals surface area contributed by atoms with Crippen molar-refractivity contribution in [2.75, 3.05) is 10.6 Å². The van der Waals surface area contributed by atoms with Crippen LogP contribution in [0.25, 0.3) is 5.69 Å². The lowest BCUT2D eigenvalue weighted by atomic mass is 10.2. The number of amides is 2. The Labute approximate surface area is 184 Å². The molecular weight excluding hydrogens is 466 g/mol. The summed E-state index contributed by atoms with van der Waals surface area (Å²) in [7, 11) is 0. The third-order valence-electron chi connectivity index (χ3n) is 4.29. The second-order valence-corrected chi connectivity index (χ2v) is 8.24. The van der Waals surface area contributed by atoms with Crippen LogP contribution < -0.4 is 10.6 Å². The normalized spacial score (nSPS) is 10.6. The first-order valence-electron chi connectivity index (χ1n) is 8.96. The predicted octanol–water partition coefficient (Wildman–Crippen LogP) is 4.90. The molecule has 2 heterocycles.